The van der Waals surface area contributed by atoms with Gasteiger partial charge in [-0.25, -0.2) is 0 Å². The van der Waals surface area contributed by atoms with Gasteiger partial charge in [0, 0.05) is 31.2 Å². The van der Waals surface area contributed by atoms with Gasteiger partial charge in [-0.1, -0.05) is 18.6 Å². The van der Waals surface area contributed by atoms with E-state index >= 15 is 0 Å². The van der Waals surface area contributed by atoms with E-state index in [1.54, 1.807) is 12.1 Å². The molecule has 0 spiro atoms. The summed E-state index contributed by atoms with van der Waals surface area (Å²) in [7, 11) is 0. The predicted octanol–water partition coefficient (Wildman–Crippen LogP) is 2.99. The molecule has 2 aromatic rings. The Morgan fingerprint density at radius 1 is 1.26 bits per heavy atom. The number of carbonyl (C=O) groups is 1. The maximum absolute atomic E-state index is 13.1. The van der Waals surface area contributed by atoms with Crippen LogP contribution in [0, 0.1) is 0 Å². The van der Waals surface area contributed by atoms with Gasteiger partial charge in [-0.05, 0) is 31.5 Å². The van der Waals surface area contributed by atoms with Crippen molar-refractivity contribution in [1.82, 2.24) is 20.0 Å². The number of ether oxygens (including phenoxy) is 1. The number of fused-ring (bicyclic) bond motifs is 1. The van der Waals surface area contributed by atoms with E-state index in [1.807, 2.05) is 4.90 Å². The van der Waals surface area contributed by atoms with Gasteiger partial charge in [0.1, 0.15) is 5.75 Å². The molecule has 8 heteroatoms. The number of halogens is 2. The molecule has 0 radical (unpaired) electrons. The predicted molar refractivity (Wildman–Crippen MR) is 95.8 cm³/mol. The van der Waals surface area contributed by atoms with Gasteiger partial charge >= 0.3 is 6.61 Å². The number of hydrogen-bond acceptors (Lipinski definition) is 4. The number of alkyl halides is 2. The Morgan fingerprint density at radius 3 is 3.00 bits per heavy atom. The lowest BCUT2D eigenvalue weighted by Crippen LogP contribution is -2.56. The number of H-pyrrole nitrogens is 1. The van der Waals surface area contributed by atoms with Crippen LogP contribution >= 0.6 is 0 Å². The first-order valence-electron chi connectivity index (χ1n) is 9.24. The highest BCUT2D eigenvalue weighted by Gasteiger charge is 2.32. The maximum Gasteiger partial charge on any atom is 0.387 e. The van der Waals surface area contributed by atoms with E-state index in [9.17, 15) is 13.6 Å². The summed E-state index contributed by atoms with van der Waals surface area (Å²) in [5.41, 5.74) is 1.56. The van der Waals surface area contributed by atoms with Crippen molar-refractivity contribution >= 4 is 5.91 Å². The Bertz CT molecular complexity index is 811. The van der Waals surface area contributed by atoms with E-state index in [4.69, 9.17) is 0 Å². The summed E-state index contributed by atoms with van der Waals surface area (Å²) >= 11 is 0. The number of hydrogen-bond donors (Lipinski definition) is 1. The quantitative estimate of drug-likeness (QED) is 0.891. The van der Waals surface area contributed by atoms with E-state index in [2.05, 4.69) is 19.8 Å². The van der Waals surface area contributed by atoms with Crippen molar-refractivity contribution in [2.24, 2.45) is 0 Å². The number of piperazine rings is 1. The summed E-state index contributed by atoms with van der Waals surface area (Å²) in [6.45, 7) is 0.517. The second kappa shape index (κ2) is 7.64. The Balaban J connectivity index is 1.54. The van der Waals surface area contributed by atoms with Crippen molar-refractivity contribution in [2.45, 2.75) is 31.9 Å². The zero-order chi connectivity index (χ0) is 18.8. The lowest BCUT2D eigenvalue weighted by atomic mass is 9.99. The first-order valence-corrected chi connectivity index (χ1v) is 9.24. The SMILES string of the molecule is O=C(c1cn[nH]c1-c1cccc(OC(F)F)c1)N1CCN2CCCCC2C1. The first-order chi connectivity index (χ1) is 13.1. The van der Waals surface area contributed by atoms with Crippen LogP contribution in [-0.4, -0.2) is 64.7 Å². The standard InChI is InChI=1S/C19H22F2N4O2/c20-19(21)27-15-6-3-4-13(10-15)17-16(11-22-23-17)18(26)25-9-8-24-7-2-1-5-14(24)12-25/h3-4,6,10-11,14,19H,1-2,5,7-9,12H2,(H,22,23). The number of benzene rings is 1. The molecule has 2 aliphatic heterocycles. The third-order valence-corrected chi connectivity index (χ3v) is 5.34. The highest BCUT2D eigenvalue weighted by Crippen LogP contribution is 2.28. The van der Waals surface area contributed by atoms with Gasteiger partial charge in [-0.15, -0.1) is 0 Å². The molecule has 0 bridgehead atoms. The molecule has 1 aromatic heterocycles. The average molecular weight is 376 g/mol. The van der Waals surface area contributed by atoms with E-state index in [0.29, 0.717) is 29.4 Å². The number of carbonyl (C=O) groups excluding carboxylic acids is 1. The fraction of sp³-hybridized carbons (Fsp3) is 0.474. The van der Waals surface area contributed by atoms with Gasteiger partial charge in [-0.3, -0.25) is 14.8 Å². The Morgan fingerprint density at radius 2 is 2.15 bits per heavy atom. The number of piperidine rings is 1. The third-order valence-electron chi connectivity index (χ3n) is 5.34. The van der Waals surface area contributed by atoms with Crippen molar-refractivity contribution in [3.8, 4) is 17.0 Å². The first kappa shape index (κ1) is 17.9. The van der Waals surface area contributed by atoms with Gasteiger partial charge in [0.15, 0.2) is 0 Å². The van der Waals surface area contributed by atoms with E-state index in [-0.39, 0.29) is 11.7 Å². The molecule has 2 saturated heterocycles. The van der Waals surface area contributed by atoms with Crippen molar-refractivity contribution < 1.29 is 18.3 Å². The van der Waals surface area contributed by atoms with Crippen LogP contribution in [0.1, 0.15) is 29.6 Å². The molecule has 3 heterocycles. The topological polar surface area (TPSA) is 61.5 Å². The molecule has 1 N–H and O–H groups in total. The summed E-state index contributed by atoms with van der Waals surface area (Å²) in [5, 5.41) is 6.84. The molecular formula is C19H22F2N4O2. The molecule has 2 aliphatic rings. The molecule has 27 heavy (non-hydrogen) atoms. The van der Waals surface area contributed by atoms with E-state index in [1.165, 1.54) is 31.2 Å². The van der Waals surface area contributed by atoms with Crippen LogP contribution < -0.4 is 4.74 Å². The van der Waals surface area contributed by atoms with E-state index < -0.39 is 6.61 Å². The van der Waals surface area contributed by atoms with Gasteiger partial charge in [0.2, 0.25) is 0 Å². The minimum absolute atomic E-state index is 0.0475. The van der Waals surface area contributed by atoms with Crippen LogP contribution in [0.5, 0.6) is 5.75 Å². The van der Waals surface area contributed by atoms with Crippen LogP contribution in [0.2, 0.25) is 0 Å². The monoisotopic (exact) mass is 376 g/mol. The van der Waals surface area contributed by atoms with Crippen LogP contribution in [0.4, 0.5) is 8.78 Å². The molecule has 1 atom stereocenters. The summed E-state index contributed by atoms with van der Waals surface area (Å²) < 4.78 is 29.4. The molecular weight excluding hydrogens is 354 g/mol. The van der Waals surface area contributed by atoms with Crippen molar-refractivity contribution in [1.29, 1.82) is 0 Å². The van der Waals surface area contributed by atoms with Crippen LogP contribution in [0.25, 0.3) is 11.3 Å². The highest BCUT2D eigenvalue weighted by molar-refractivity contribution is 5.99. The minimum atomic E-state index is -2.89. The average Bonchev–Trinajstić information content (AvgIpc) is 3.16. The highest BCUT2D eigenvalue weighted by atomic mass is 19.3. The second-order valence-corrected chi connectivity index (χ2v) is 7.00. The third kappa shape index (κ3) is 3.80. The van der Waals surface area contributed by atoms with Crippen molar-refractivity contribution in [3.63, 3.8) is 0 Å². The molecule has 2 fully saturated rings. The number of rotatable bonds is 4. The normalized spacial score (nSPS) is 20.6. The van der Waals surface area contributed by atoms with Crippen LogP contribution in [0.15, 0.2) is 30.5 Å². The smallest absolute Gasteiger partial charge is 0.387 e. The summed E-state index contributed by atoms with van der Waals surface area (Å²) in [5.74, 6) is -0.0320. The number of aromatic amines is 1. The Labute approximate surface area is 156 Å². The molecule has 144 valence electrons. The molecule has 0 saturated carbocycles. The van der Waals surface area contributed by atoms with Gasteiger partial charge in [0.05, 0.1) is 17.5 Å². The Kier molecular flexibility index (Phi) is 5.07. The Hall–Kier alpha value is -2.48. The molecule has 1 amide bonds. The lowest BCUT2D eigenvalue weighted by molar-refractivity contribution is -0.0498. The van der Waals surface area contributed by atoms with Gasteiger partial charge in [0.25, 0.3) is 5.91 Å². The maximum atomic E-state index is 13.1. The zero-order valence-electron chi connectivity index (χ0n) is 14.9. The van der Waals surface area contributed by atoms with Crippen LogP contribution in [-0.2, 0) is 0 Å². The van der Waals surface area contributed by atoms with E-state index in [0.717, 1.165) is 26.1 Å². The zero-order valence-corrected chi connectivity index (χ0v) is 14.9. The number of amides is 1. The van der Waals surface area contributed by atoms with Gasteiger partial charge in [-0.2, -0.15) is 13.9 Å². The van der Waals surface area contributed by atoms with Crippen LogP contribution in [0.3, 0.4) is 0 Å². The molecule has 1 unspecified atom stereocenters. The minimum Gasteiger partial charge on any atom is -0.435 e. The number of nitrogens with zero attached hydrogens (tertiary/aromatic N) is 3. The fourth-order valence-electron chi connectivity index (χ4n) is 4.01. The molecule has 6 nitrogen and oxygen atoms in total. The van der Waals surface area contributed by atoms with Gasteiger partial charge < -0.3 is 9.64 Å². The van der Waals surface area contributed by atoms with Crippen molar-refractivity contribution in [3.05, 3.63) is 36.0 Å². The molecule has 4 rings (SSSR count). The fourth-order valence-corrected chi connectivity index (χ4v) is 4.01. The number of nitrogens with one attached hydrogen (secondary N) is 1. The summed E-state index contributed by atoms with van der Waals surface area (Å²) in [6.07, 6.45) is 5.06. The number of aromatic nitrogens is 2. The molecule has 0 aliphatic carbocycles. The summed E-state index contributed by atoms with van der Waals surface area (Å²) in [4.78, 5) is 17.4. The molecule has 1 aromatic carbocycles. The lowest BCUT2D eigenvalue weighted by Gasteiger charge is -2.44. The van der Waals surface area contributed by atoms with Crippen molar-refractivity contribution in [2.75, 3.05) is 26.2 Å². The second-order valence-electron chi connectivity index (χ2n) is 7.00. The summed E-state index contributed by atoms with van der Waals surface area (Å²) in [6, 6.07) is 6.71. The largest absolute Gasteiger partial charge is 0.435 e.